The lowest BCUT2D eigenvalue weighted by Crippen LogP contribution is -2.30. The zero-order valence-electron chi connectivity index (χ0n) is 15.0. The van der Waals surface area contributed by atoms with E-state index in [0.29, 0.717) is 27.1 Å². The molecule has 0 aliphatic carbocycles. The van der Waals surface area contributed by atoms with Gasteiger partial charge >= 0.3 is 5.97 Å². The standard InChI is InChI=1S/C20H17BrCl2N2O2/c1-20(2,19(26)27-3)16-11-25(13-9-7-12(21)8-10-13)18(24-16)17-14(22)5-4-6-15(17)23/h4-11H,1-3H3. The number of hydrogen-bond donors (Lipinski definition) is 0. The molecule has 1 heterocycles. The summed E-state index contributed by atoms with van der Waals surface area (Å²) in [6.07, 6.45) is 1.81. The molecule has 7 heteroatoms. The number of benzene rings is 2. The molecule has 0 bridgehead atoms. The molecular weight excluding hydrogens is 451 g/mol. The number of ether oxygens (including phenoxy) is 1. The summed E-state index contributed by atoms with van der Waals surface area (Å²) < 4.78 is 7.78. The third-order valence-corrected chi connectivity index (χ3v) is 5.49. The first kappa shape index (κ1) is 19.9. The average Bonchev–Trinajstić information content (AvgIpc) is 3.07. The highest BCUT2D eigenvalue weighted by Crippen LogP contribution is 2.37. The Morgan fingerprint density at radius 2 is 1.70 bits per heavy atom. The first-order chi connectivity index (χ1) is 12.8. The minimum atomic E-state index is -0.933. The second-order valence-corrected chi connectivity index (χ2v) is 8.24. The van der Waals surface area contributed by atoms with E-state index in [2.05, 4.69) is 15.9 Å². The molecule has 3 rings (SSSR count). The molecule has 1 aromatic heterocycles. The lowest BCUT2D eigenvalue weighted by molar-refractivity contribution is -0.146. The number of esters is 1. The minimum absolute atomic E-state index is 0.375. The molecule has 0 unspecified atom stereocenters. The quantitative estimate of drug-likeness (QED) is 0.438. The van der Waals surface area contributed by atoms with E-state index >= 15 is 0 Å². The molecule has 27 heavy (non-hydrogen) atoms. The summed E-state index contributed by atoms with van der Waals surface area (Å²) in [4.78, 5) is 17.0. The van der Waals surface area contributed by atoms with Gasteiger partial charge in [-0.05, 0) is 50.2 Å². The van der Waals surface area contributed by atoms with Crippen LogP contribution in [0.1, 0.15) is 19.5 Å². The molecule has 0 atom stereocenters. The van der Waals surface area contributed by atoms with Crippen LogP contribution in [-0.4, -0.2) is 22.6 Å². The fourth-order valence-electron chi connectivity index (χ4n) is 2.73. The van der Waals surface area contributed by atoms with Crippen molar-refractivity contribution < 1.29 is 9.53 Å². The van der Waals surface area contributed by atoms with Gasteiger partial charge in [-0.1, -0.05) is 45.2 Å². The number of rotatable bonds is 4. The van der Waals surface area contributed by atoms with E-state index in [4.69, 9.17) is 32.9 Å². The van der Waals surface area contributed by atoms with Gasteiger partial charge in [0.15, 0.2) is 0 Å². The molecular formula is C20H17BrCl2N2O2. The molecule has 0 amide bonds. The normalized spacial score (nSPS) is 11.5. The number of methoxy groups -OCH3 is 1. The van der Waals surface area contributed by atoms with Gasteiger partial charge in [-0.15, -0.1) is 0 Å². The van der Waals surface area contributed by atoms with Crippen LogP contribution in [0.25, 0.3) is 17.1 Å². The lowest BCUT2D eigenvalue weighted by atomic mass is 9.90. The van der Waals surface area contributed by atoms with E-state index < -0.39 is 5.41 Å². The van der Waals surface area contributed by atoms with Crippen LogP contribution >= 0.6 is 39.1 Å². The van der Waals surface area contributed by atoms with Crippen LogP contribution in [0.5, 0.6) is 0 Å². The molecule has 0 aliphatic rings. The maximum Gasteiger partial charge on any atom is 0.317 e. The van der Waals surface area contributed by atoms with Crippen molar-refractivity contribution in [3.8, 4) is 17.1 Å². The number of halogens is 3. The van der Waals surface area contributed by atoms with E-state index in [1.54, 1.807) is 32.0 Å². The van der Waals surface area contributed by atoms with Gasteiger partial charge in [0.1, 0.15) is 11.2 Å². The van der Waals surface area contributed by atoms with Gasteiger partial charge in [-0.3, -0.25) is 9.36 Å². The molecule has 2 aromatic carbocycles. The Labute approximate surface area is 176 Å². The molecule has 0 N–H and O–H groups in total. The number of carbonyl (C=O) groups is 1. The van der Waals surface area contributed by atoms with Crippen molar-refractivity contribution >= 4 is 45.1 Å². The SMILES string of the molecule is COC(=O)C(C)(C)c1cn(-c2ccc(Br)cc2)c(-c2c(Cl)cccc2Cl)n1. The van der Waals surface area contributed by atoms with Gasteiger partial charge in [0.05, 0.1) is 28.4 Å². The fourth-order valence-corrected chi connectivity index (χ4v) is 3.56. The third-order valence-electron chi connectivity index (χ3n) is 4.33. The molecule has 0 radical (unpaired) electrons. The smallest absolute Gasteiger partial charge is 0.317 e. The van der Waals surface area contributed by atoms with Crippen LogP contribution in [0.15, 0.2) is 53.1 Å². The summed E-state index contributed by atoms with van der Waals surface area (Å²) in [7, 11) is 1.36. The minimum Gasteiger partial charge on any atom is -0.468 e. The number of nitrogens with zero attached hydrogens (tertiary/aromatic N) is 2. The summed E-state index contributed by atoms with van der Waals surface area (Å²) in [6, 6.07) is 13.0. The second-order valence-electron chi connectivity index (χ2n) is 6.51. The van der Waals surface area contributed by atoms with E-state index in [-0.39, 0.29) is 5.97 Å². The summed E-state index contributed by atoms with van der Waals surface area (Å²) in [5.74, 6) is 0.180. The zero-order chi connectivity index (χ0) is 19.8. The molecule has 4 nitrogen and oxygen atoms in total. The highest BCUT2D eigenvalue weighted by Gasteiger charge is 2.35. The number of hydrogen-bond acceptors (Lipinski definition) is 3. The maximum absolute atomic E-state index is 12.3. The van der Waals surface area contributed by atoms with E-state index in [9.17, 15) is 4.79 Å². The van der Waals surface area contributed by atoms with Gasteiger partial charge in [0.2, 0.25) is 0 Å². The van der Waals surface area contributed by atoms with Crippen molar-refractivity contribution in [1.82, 2.24) is 9.55 Å². The lowest BCUT2D eigenvalue weighted by Gasteiger charge is -2.18. The number of aromatic nitrogens is 2. The van der Waals surface area contributed by atoms with Gasteiger partial charge in [0, 0.05) is 16.4 Å². The van der Waals surface area contributed by atoms with Crippen LogP contribution in [0.4, 0.5) is 0 Å². The highest BCUT2D eigenvalue weighted by atomic mass is 79.9. The van der Waals surface area contributed by atoms with E-state index in [1.807, 2.05) is 35.0 Å². The second kappa shape index (κ2) is 7.66. The van der Waals surface area contributed by atoms with Crippen molar-refractivity contribution in [2.24, 2.45) is 0 Å². The fraction of sp³-hybridized carbons (Fsp3) is 0.200. The first-order valence-electron chi connectivity index (χ1n) is 8.14. The monoisotopic (exact) mass is 466 g/mol. The van der Waals surface area contributed by atoms with Crippen LogP contribution < -0.4 is 0 Å². The predicted octanol–water partition coefficient (Wildman–Crippen LogP) is 6.06. The Bertz CT molecular complexity index is 977. The van der Waals surface area contributed by atoms with Crippen LogP contribution in [0.3, 0.4) is 0 Å². The third kappa shape index (κ3) is 3.77. The Balaban J connectivity index is 2.28. The topological polar surface area (TPSA) is 44.1 Å². The van der Waals surface area contributed by atoms with E-state index in [1.165, 1.54) is 7.11 Å². The average molecular weight is 468 g/mol. The summed E-state index contributed by atoms with van der Waals surface area (Å²) >= 11 is 16.3. The largest absolute Gasteiger partial charge is 0.468 e. The van der Waals surface area contributed by atoms with Crippen molar-refractivity contribution in [1.29, 1.82) is 0 Å². The molecule has 0 saturated carbocycles. The molecule has 0 spiro atoms. The summed E-state index contributed by atoms with van der Waals surface area (Å²) in [6.45, 7) is 3.54. The Hall–Kier alpha value is -1.82. The Kier molecular flexibility index (Phi) is 5.65. The van der Waals surface area contributed by atoms with Gasteiger partial charge in [-0.25, -0.2) is 4.98 Å². The van der Waals surface area contributed by atoms with Crippen molar-refractivity contribution in [2.45, 2.75) is 19.3 Å². The van der Waals surface area contributed by atoms with Crippen molar-refractivity contribution in [2.75, 3.05) is 7.11 Å². The Morgan fingerprint density at radius 3 is 2.26 bits per heavy atom. The van der Waals surface area contributed by atoms with E-state index in [0.717, 1.165) is 10.2 Å². The molecule has 0 saturated heterocycles. The van der Waals surface area contributed by atoms with Crippen molar-refractivity contribution in [3.05, 3.63) is 68.9 Å². The molecule has 3 aromatic rings. The molecule has 0 aliphatic heterocycles. The molecule has 0 fully saturated rings. The van der Waals surface area contributed by atoms with Crippen LogP contribution in [0, 0.1) is 0 Å². The molecule has 140 valence electrons. The Morgan fingerprint density at radius 1 is 1.11 bits per heavy atom. The predicted molar refractivity (Wildman–Crippen MR) is 112 cm³/mol. The first-order valence-corrected chi connectivity index (χ1v) is 9.69. The summed E-state index contributed by atoms with van der Waals surface area (Å²) in [5, 5.41) is 0.961. The summed E-state index contributed by atoms with van der Waals surface area (Å²) in [5.41, 5.74) is 1.10. The van der Waals surface area contributed by atoms with Gasteiger partial charge in [-0.2, -0.15) is 0 Å². The van der Waals surface area contributed by atoms with Gasteiger partial charge < -0.3 is 4.74 Å². The maximum atomic E-state index is 12.3. The number of carbonyl (C=O) groups excluding carboxylic acids is 1. The van der Waals surface area contributed by atoms with Crippen LogP contribution in [-0.2, 0) is 14.9 Å². The zero-order valence-corrected chi connectivity index (χ0v) is 18.1. The van der Waals surface area contributed by atoms with Gasteiger partial charge in [0.25, 0.3) is 0 Å². The number of imidazole rings is 1. The van der Waals surface area contributed by atoms with Crippen molar-refractivity contribution in [3.63, 3.8) is 0 Å². The van der Waals surface area contributed by atoms with Crippen LogP contribution in [0.2, 0.25) is 10.0 Å². The highest BCUT2D eigenvalue weighted by molar-refractivity contribution is 9.10.